The molecule has 0 aromatic carbocycles. The van der Waals surface area contributed by atoms with Gasteiger partial charge in [0.25, 0.3) is 0 Å². The van der Waals surface area contributed by atoms with Crippen LogP contribution in [-0.2, 0) is 11.3 Å². The molecule has 4 nitrogen and oxygen atoms in total. The highest BCUT2D eigenvalue weighted by Crippen LogP contribution is 2.34. The third-order valence-corrected chi connectivity index (χ3v) is 4.13. The lowest BCUT2D eigenvalue weighted by Crippen LogP contribution is -2.35. The number of ether oxygens (including phenoxy) is 1. The molecule has 1 atom stereocenters. The molecule has 1 N–H and O–H groups in total. The molecule has 0 radical (unpaired) electrons. The zero-order chi connectivity index (χ0) is 15.3. The number of methoxy groups -OCH3 is 1. The van der Waals surface area contributed by atoms with Crippen molar-refractivity contribution in [1.82, 2.24) is 15.3 Å². The Morgan fingerprint density at radius 2 is 1.81 bits per heavy atom. The van der Waals surface area contributed by atoms with Crippen LogP contribution < -0.4 is 5.32 Å². The summed E-state index contributed by atoms with van der Waals surface area (Å²) in [5.74, 6) is 1.41. The average molecular weight is 291 g/mol. The fraction of sp³-hybridized carbons (Fsp3) is 0.765. The predicted octanol–water partition coefficient (Wildman–Crippen LogP) is 3.63. The van der Waals surface area contributed by atoms with Crippen molar-refractivity contribution in [3.05, 3.63) is 23.8 Å². The zero-order valence-electron chi connectivity index (χ0n) is 13.9. The molecular weight excluding hydrogens is 262 g/mol. The van der Waals surface area contributed by atoms with E-state index in [0.717, 1.165) is 17.9 Å². The highest BCUT2D eigenvalue weighted by Gasteiger charge is 2.26. The molecule has 1 saturated carbocycles. The minimum absolute atomic E-state index is 0.0509. The van der Waals surface area contributed by atoms with Gasteiger partial charge in [0.2, 0.25) is 0 Å². The molecule has 1 unspecified atom stereocenters. The SMILES string of the molecule is COC(c1ncc(CNC(C)(C)C)cn1)C1CCCCC1. The third kappa shape index (κ3) is 5.04. The van der Waals surface area contributed by atoms with Gasteiger partial charge in [-0.1, -0.05) is 19.3 Å². The van der Waals surface area contributed by atoms with Crippen LogP contribution in [0.2, 0.25) is 0 Å². The predicted molar refractivity (Wildman–Crippen MR) is 84.9 cm³/mol. The average Bonchev–Trinajstić information content (AvgIpc) is 2.47. The summed E-state index contributed by atoms with van der Waals surface area (Å²) in [6.45, 7) is 7.27. The fourth-order valence-corrected chi connectivity index (χ4v) is 2.92. The molecule has 1 fully saturated rings. The molecule has 118 valence electrons. The van der Waals surface area contributed by atoms with Gasteiger partial charge in [0.1, 0.15) is 6.10 Å². The first-order chi connectivity index (χ1) is 9.99. The molecule has 0 bridgehead atoms. The van der Waals surface area contributed by atoms with Crippen molar-refractivity contribution < 1.29 is 4.74 Å². The fourth-order valence-electron chi connectivity index (χ4n) is 2.92. The first-order valence-corrected chi connectivity index (χ1v) is 8.08. The molecule has 1 heterocycles. The summed E-state index contributed by atoms with van der Waals surface area (Å²) < 4.78 is 5.69. The van der Waals surface area contributed by atoms with E-state index in [1.807, 2.05) is 12.4 Å². The topological polar surface area (TPSA) is 47.0 Å². The van der Waals surface area contributed by atoms with E-state index in [4.69, 9.17) is 4.74 Å². The Morgan fingerprint density at radius 1 is 1.19 bits per heavy atom. The Kier molecular flexibility index (Phi) is 5.71. The molecule has 0 aliphatic heterocycles. The summed E-state index contributed by atoms with van der Waals surface area (Å²) in [5, 5.41) is 3.45. The molecule has 0 amide bonds. The molecule has 4 heteroatoms. The van der Waals surface area contributed by atoms with E-state index in [2.05, 4.69) is 36.1 Å². The molecule has 2 rings (SSSR count). The van der Waals surface area contributed by atoms with Crippen LogP contribution in [0, 0.1) is 5.92 Å². The van der Waals surface area contributed by atoms with Gasteiger partial charge >= 0.3 is 0 Å². The standard InChI is InChI=1S/C17H29N3O/c1-17(2,3)20-12-13-10-18-16(19-11-13)15(21-4)14-8-6-5-7-9-14/h10-11,14-15,20H,5-9,12H2,1-4H3. The minimum Gasteiger partial charge on any atom is -0.373 e. The Balaban J connectivity index is 1.99. The maximum atomic E-state index is 5.69. The number of hydrogen-bond donors (Lipinski definition) is 1. The summed E-state index contributed by atoms with van der Waals surface area (Å²) >= 11 is 0. The lowest BCUT2D eigenvalue weighted by molar-refractivity contribution is 0.0288. The Bertz CT molecular complexity index is 419. The van der Waals surface area contributed by atoms with Crippen LogP contribution in [0.25, 0.3) is 0 Å². The van der Waals surface area contributed by atoms with Gasteiger partial charge in [0.05, 0.1) is 0 Å². The Hall–Kier alpha value is -1.00. The van der Waals surface area contributed by atoms with Crippen LogP contribution >= 0.6 is 0 Å². The smallest absolute Gasteiger partial charge is 0.157 e. The van der Waals surface area contributed by atoms with Crippen molar-refractivity contribution in [2.75, 3.05) is 7.11 Å². The first-order valence-electron chi connectivity index (χ1n) is 8.08. The molecule has 21 heavy (non-hydrogen) atoms. The van der Waals surface area contributed by atoms with Gasteiger partial charge in [-0.05, 0) is 39.5 Å². The van der Waals surface area contributed by atoms with E-state index in [9.17, 15) is 0 Å². The number of nitrogens with one attached hydrogen (secondary N) is 1. The van der Waals surface area contributed by atoms with Crippen LogP contribution in [0.3, 0.4) is 0 Å². The normalized spacial score (nSPS) is 18.7. The van der Waals surface area contributed by atoms with Crippen LogP contribution in [0.1, 0.15) is 70.4 Å². The maximum Gasteiger partial charge on any atom is 0.157 e. The Labute approximate surface area is 128 Å². The first kappa shape index (κ1) is 16.4. The number of hydrogen-bond acceptors (Lipinski definition) is 4. The van der Waals surface area contributed by atoms with Gasteiger partial charge in [0.15, 0.2) is 5.82 Å². The van der Waals surface area contributed by atoms with E-state index in [0.29, 0.717) is 5.92 Å². The van der Waals surface area contributed by atoms with Gasteiger partial charge in [-0.2, -0.15) is 0 Å². The van der Waals surface area contributed by atoms with Crippen LogP contribution in [0.15, 0.2) is 12.4 Å². The van der Waals surface area contributed by atoms with Crippen molar-refractivity contribution in [2.45, 2.75) is 71.1 Å². The second-order valence-corrected chi connectivity index (χ2v) is 7.11. The van der Waals surface area contributed by atoms with Gasteiger partial charge < -0.3 is 10.1 Å². The van der Waals surface area contributed by atoms with Crippen molar-refractivity contribution in [2.24, 2.45) is 5.92 Å². The highest BCUT2D eigenvalue weighted by molar-refractivity contribution is 5.07. The van der Waals surface area contributed by atoms with Crippen molar-refractivity contribution in [1.29, 1.82) is 0 Å². The molecule has 1 aliphatic carbocycles. The summed E-state index contributed by atoms with van der Waals surface area (Å²) in [5.41, 5.74) is 1.22. The van der Waals surface area contributed by atoms with Crippen molar-refractivity contribution >= 4 is 0 Å². The van der Waals surface area contributed by atoms with Crippen molar-refractivity contribution in [3.8, 4) is 0 Å². The lowest BCUT2D eigenvalue weighted by atomic mass is 9.85. The second-order valence-electron chi connectivity index (χ2n) is 7.11. The monoisotopic (exact) mass is 291 g/mol. The third-order valence-electron chi connectivity index (χ3n) is 4.13. The van der Waals surface area contributed by atoms with Crippen LogP contribution in [-0.4, -0.2) is 22.6 Å². The van der Waals surface area contributed by atoms with Gasteiger partial charge in [0, 0.05) is 37.2 Å². The largest absolute Gasteiger partial charge is 0.373 e. The quantitative estimate of drug-likeness (QED) is 0.900. The minimum atomic E-state index is 0.0509. The van der Waals surface area contributed by atoms with Crippen LogP contribution in [0.4, 0.5) is 0 Å². The zero-order valence-corrected chi connectivity index (χ0v) is 13.9. The Morgan fingerprint density at radius 3 is 2.33 bits per heavy atom. The molecule has 0 saturated heterocycles. The molecule has 0 spiro atoms. The number of aromatic nitrogens is 2. The number of nitrogens with zero attached hydrogens (tertiary/aromatic N) is 2. The van der Waals surface area contributed by atoms with E-state index in [-0.39, 0.29) is 11.6 Å². The summed E-state index contributed by atoms with van der Waals surface area (Å²) in [7, 11) is 1.78. The molecular formula is C17H29N3O. The van der Waals surface area contributed by atoms with E-state index >= 15 is 0 Å². The lowest BCUT2D eigenvalue weighted by Gasteiger charge is -2.28. The van der Waals surface area contributed by atoms with E-state index in [1.165, 1.54) is 32.1 Å². The van der Waals surface area contributed by atoms with Gasteiger partial charge in [-0.25, -0.2) is 9.97 Å². The summed E-state index contributed by atoms with van der Waals surface area (Å²) in [6.07, 6.45) is 10.3. The molecule has 1 aromatic rings. The summed E-state index contributed by atoms with van der Waals surface area (Å²) in [6, 6.07) is 0. The number of rotatable bonds is 5. The summed E-state index contributed by atoms with van der Waals surface area (Å²) in [4.78, 5) is 9.10. The molecule has 1 aromatic heterocycles. The van der Waals surface area contributed by atoms with E-state index < -0.39 is 0 Å². The van der Waals surface area contributed by atoms with E-state index in [1.54, 1.807) is 7.11 Å². The highest BCUT2D eigenvalue weighted by atomic mass is 16.5. The van der Waals surface area contributed by atoms with Gasteiger partial charge in [-0.15, -0.1) is 0 Å². The maximum absolute atomic E-state index is 5.69. The second kappa shape index (κ2) is 7.32. The molecule has 1 aliphatic rings. The van der Waals surface area contributed by atoms with Gasteiger partial charge in [-0.3, -0.25) is 0 Å². The van der Waals surface area contributed by atoms with Crippen LogP contribution in [0.5, 0.6) is 0 Å². The van der Waals surface area contributed by atoms with Crippen molar-refractivity contribution in [3.63, 3.8) is 0 Å².